The summed E-state index contributed by atoms with van der Waals surface area (Å²) in [5.74, 6) is 0.973. The number of thioether (sulfide) groups is 1. The first kappa shape index (κ1) is 11.6. The van der Waals surface area contributed by atoms with E-state index in [1.165, 1.54) is 0 Å². The molecule has 0 spiro atoms. The Hall–Kier alpha value is 0.500. The van der Waals surface area contributed by atoms with Crippen molar-refractivity contribution in [3.63, 3.8) is 0 Å². The van der Waals surface area contributed by atoms with Gasteiger partial charge in [0.25, 0.3) is 0 Å². The van der Waals surface area contributed by atoms with E-state index in [1.54, 1.807) is 11.8 Å². The molecule has 0 saturated carbocycles. The zero-order valence-electron chi connectivity index (χ0n) is 7.13. The molecule has 72 valence electrons. The summed E-state index contributed by atoms with van der Waals surface area (Å²) in [5.41, 5.74) is 0. The second-order valence-electron chi connectivity index (χ2n) is 2.74. The van der Waals surface area contributed by atoms with Gasteiger partial charge in [-0.15, -0.1) is 11.8 Å². The Balaban J connectivity index is 2.63. The summed E-state index contributed by atoms with van der Waals surface area (Å²) in [6.45, 7) is 2.06. The van der Waals surface area contributed by atoms with Crippen molar-refractivity contribution < 1.29 is 0 Å². The second kappa shape index (κ2) is 5.40. The molecule has 1 aromatic carbocycles. The van der Waals surface area contributed by atoms with Crippen molar-refractivity contribution in [2.24, 2.45) is 0 Å². The van der Waals surface area contributed by atoms with Crippen LogP contribution in [0.2, 0.25) is 10.0 Å². The van der Waals surface area contributed by atoms with Crippen LogP contribution in [0, 0.1) is 0 Å². The van der Waals surface area contributed by atoms with E-state index in [4.69, 9.17) is 23.2 Å². The van der Waals surface area contributed by atoms with Gasteiger partial charge < -0.3 is 0 Å². The first-order valence-corrected chi connectivity index (χ1v) is 6.11. The van der Waals surface area contributed by atoms with Gasteiger partial charge in [0, 0.05) is 15.9 Å². The van der Waals surface area contributed by atoms with Crippen molar-refractivity contribution in [3.8, 4) is 0 Å². The minimum Gasteiger partial charge on any atom is -0.175 e. The Morgan fingerprint density at radius 2 is 2.08 bits per heavy atom. The summed E-state index contributed by atoms with van der Waals surface area (Å²) in [6.07, 6.45) is 0. The molecule has 1 rings (SSSR count). The van der Waals surface area contributed by atoms with Crippen LogP contribution in [0.4, 0.5) is 0 Å². The van der Waals surface area contributed by atoms with Crippen LogP contribution in [-0.2, 0) is 0 Å². The van der Waals surface area contributed by atoms with Crippen LogP contribution in [0.5, 0.6) is 0 Å². The third kappa shape index (κ3) is 4.03. The standard InChI is InChI=1S/C9H10Cl2S2/c1-6(12)5-13-7-2-3-8(10)9(11)4-7/h2-4,6,12H,5H2,1H3. The van der Waals surface area contributed by atoms with E-state index < -0.39 is 0 Å². The molecule has 0 aliphatic carbocycles. The highest BCUT2D eigenvalue weighted by Crippen LogP contribution is 2.28. The molecule has 0 N–H and O–H groups in total. The Labute approximate surface area is 98.4 Å². The number of rotatable bonds is 3. The predicted octanol–water partition coefficient (Wildman–Crippen LogP) is 4.40. The van der Waals surface area contributed by atoms with Gasteiger partial charge in [-0.3, -0.25) is 0 Å². The van der Waals surface area contributed by atoms with Gasteiger partial charge in [0.1, 0.15) is 0 Å². The molecule has 0 bridgehead atoms. The highest BCUT2D eigenvalue weighted by molar-refractivity contribution is 8.00. The van der Waals surface area contributed by atoms with Crippen molar-refractivity contribution in [1.29, 1.82) is 0 Å². The first-order chi connectivity index (χ1) is 6.09. The van der Waals surface area contributed by atoms with Crippen molar-refractivity contribution in [2.45, 2.75) is 17.1 Å². The molecule has 0 aliphatic heterocycles. The number of halogens is 2. The molecular weight excluding hydrogens is 243 g/mol. The largest absolute Gasteiger partial charge is 0.175 e. The Morgan fingerprint density at radius 3 is 2.62 bits per heavy atom. The molecule has 0 heterocycles. The fraction of sp³-hybridized carbons (Fsp3) is 0.333. The fourth-order valence-electron chi connectivity index (χ4n) is 0.783. The summed E-state index contributed by atoms with van der Waals surface area (Å²) in [7, 11) is 0. The summed E-state index contributed by atoms with van der Waals surface area (Å²) in [6, 6.07) is 5.66. The SMILES string of the molecule is CC(S)CSc1ccc(Cl)c(Cl)c1. The van der Waals surface area contributed by atoms with Crippen molar-refractivity contribution in [2.75, 3.05) is 5.75 Å². The van der Waals surface area contributed by atoms with E-state index in [2.05, 4.69) is 19.6 Å². The molecule has 0 nitrogen and oxygen atoms in total. The maximum absolute atomic E-state index is 5.86. The summed E-state index contributed by atoms with van der Waals surface area (Å²) < 4.78 is 0. The van der Waals surface area contributed by atoms with Gasteiger partial charge in [-0.25, -0.2) is 0 Å². The maximum atomic E-state index is 5.86. The van der Waals surface area contributed by atoms with Gasteiger partial charge in [0.15, 0.2) is 0 Å². The van der Waals surface area contributed by atoms with E-state index >= 15 is 0 Å². The second-order valence-corrected chi connectivity index (χ2v) is 5.53. The molecule has 1 aromatic rings. The molecule has 1 unspecified atom stereocenters. The molecule has 13 heavy (non-hydrogen) atoms. The lowest BCUT2D eigenvalue weighted by Crippen LogP contribution is -1.93. The van der Waals surface area contributed by atoms with Crippen LogP contribution in [0.15, 0.2) is 23.1 Å². The van der Waals surface area contributed by atoms with Crippen LogP contribution >= 0.6 is 47.6 Å². The number of hydrogen-bond acceptors (Lipinski definition) is 2. The van der Waals surface area contributed by atoms with Crippen molar-refractivity contribution in [3.05, 3.63) is 28.2 Å². The van der Waals surface area contributed by atoms with Crippen LogP contribution in [0.1, 0.15) is 6.92 Å². The minimum absolute atomic E-state index is 0.388. The number of thiol groups is 1. The smallest absolute Gasteiger partial charge is 0.0603 e. The number of benzene rings is 1. The average molecular weight is 253 g/mol. The van der Waals surface area contributed by atoms with Crippen molar-refractivity contribution in [1.82, 2.24) is 0 Å². The normalized spacial score (nSPS) is 12.9. The Bertz CT molecular complexity index is 287. The fourth-order valence-corrected chi connectivity index (χ4v) is 2.17. The molecule has 0 aromatic heterocycles. The van der Waals surface area contributed by atoms with Gasteiger partial charge >= 0.3 is 0 Å². The summed E-state index contributed by atoms with van der Waals surface area (Å²) in [4.78, 5) is 1.13. The predicted molar refractivity (Wildman–Crippen MR) is 65.6 cm³/mol. The highest BCUT2D eigenvalue weighted by atomic mass is 35.5. The van der Waals surface area contributed by atoms with E-state index in [-0.39, 0.29) is 0 Å². The lowest BCUT2D eigenvalue weighted by molar-refractivity contribution is 1.14. The monoisotopic (exact) mass is 252 g/mol. The summed E-state index contributed by atoms with van der Waals surface area (Å²) >= 11 is 17.7. The lowest BCUT2D eigenvalue weighted by atomic mass is 10.4. The maximum Gasteiger partial charge on any atom is 0.0603 e. The zero-order valence-corrected chi connectivity index (χ0v) is 10.4. The average Bonchev–Trinajstić information content (AvgIpc) is 2.07. The molecule has 0 aliphatic rings. The summed E-state index contributed by atoms with van der Waals surface area (Å²) in [5, 5.41) is 1.60. The van der Waals surface area contributed by atoms with Gasteiger partial charge in [0.05, 0.1) is 10.0 Å². The van der Waals surface area contributed by atoms with E-state index in [0.29, 0.717) is 15.3 Å². The van der Waals surface area contributed by atoms with Gasteiger partial charge in [-0.05, 0) is 18.2 Å². The third-order valence-corrected chi connectivity index (χ3v) is 3.80. The van der Waals surface area contributed by atoms with E-state index in [1.807, 2.05) is 18.2 Å². The Morgan fingerprint density at radius 1 is 1.38 bits per heavy atom. The quantitative estimate of drug-likeness (QED) is 0.615. The number of hydrogen-bond donors (Lipinski definition) is 1. The molecule has 0 saturated heterocycles. The topological polar surface area (TPSA) is 0 Å². The van der Waals surface area contributed by atoms with Crippen LogP contribution in [0.25, 0.3) is 0 Å². The third-order valence-electron chi connectivity index (χ3n) is 1.38. The molecule has 0 amide bonds. The van der Waals surface area contributed by atoms with Crippen LogP contribution < -0.4 is 0 Å². The molecule has 0 radical (unpaired) electrons. The van der Waals surface area contributed by atoms with Crippen LogP contribution in [-0.4, -0.2) is 11.0 Å². The van der Waals surface area contributed by atoms with E-state index in [0.717, 1.165) is 10.6 Å². The molecule has 1 atom stereocenters. The first-order valence-electron chi connectivity index (χ1n) is 3.85. The van der Waals surface area contributed by atoms with Gasteiger partial charge in [-0.1, -0.05) is 30.1 Å². The van der Waals surface area contributed by atoms with E-state index in [9.17, 15) is 0 Å². The molecular formula is C9H10Cl2S2. The van der Waals surface area contributed by atoms with Crippen LogP contribution in [0.3, 0.4) is 0 Å². The van der Waals surface area contributed by atoms with Crippen molar-refractivity contribution >= 4 is 47.6 Å². The molecule has 4 heteroatoms. The zero-order chi connectivity index (χ0) is 9.84. The highest BCUT2D eigenvalue weighted by Gasteiger charge is 2.01. The van der Waals surface area contributed by atoms with Gasteiger partial charge in [0.2, 0.25) is 0 Å². The van der Waals surface area contributed by atoms with Gasteiger partial charge in [-0.2, -0.15) is 12.6 Å². The minimum atomic E-state index is 0.388. The molecule has 0 fully saturated rings. The Kier molecular flexibility index (Phi) is 4.81. The lowest BCUT2D eigenvalue weighted by Gasteiger charge is -2.04.